The minimum Gasteiger partial charge on any atom is -0.0882 e. The lowest BCUT2D eigenvalue weighted by molar-refractivity contribution is 0.127. The summed E-state index contributed by atoms with van der Waals surface area (Å²) in [5.74, 6) is 1.45. The third kappa shape index (κ3) is 1.90. The Kier molecular flexibility index (Phi) is 3.68. The second-order valence-electron chi connectivity index (χ2n) is 5.20. The van der Waals surface area contributed by atoms with E-state index in [-0.39, 0.29) is 0 Å². The minimum atomic E-state index is 0.473. The highest BCUT2D eigenvalue weighted by molar-refractivity contribution is 5.23. The quantitative estimate of drug-likeness (QED) is 0.587. The molecule has 88 valence electrons. The molecule has 1 unspecified atom stereocenters. The number of rotatable bonds is 4. The van der Waals surface area contributed by atoms with E-state index >= 15 is 0 Å². The first-order valence-electron chi connectivity index (χ1n) is 6.85. The van der Waals surface area contributed by atoms with Gasteiger partial charge in [0.2, 0.25) is 0 Å². The first-order chi connectivity index (χ1) is 7.83. The van der Waals surface area contributed by atoms with E-state index in [2.05, 4.69) is 50.3 Å². The summed E-state index contributed by atoms with van der Waals surface area (Å²) in [4.78, 5) is 0. The van der Waals surface area contributed by atoms with E-state index in [0.29, 0.717) is 11.3 Å². The fraction of sp³-hybridized carbons (Fsp3) is 0.625. The molecule has 1 atom stereocenters. The lowest BCUT2D eigenvalue weighted by Crippen LogP contribution is -2.35. The van der Waals surface area contributed by atoms with Gasteiger partial charge in [0.15, 0.2) is 0 Å². The zero-order valence-electron chi connectivity index (χ0n) is 10.7. The van der Waals surface area contributed by atoms with Crippen molar-refractivity contribution in [1.29, 1.82) is 0 Å². The summed E-state index contributed by atoms with van der Waals surface area (Å²) in [6.07, 6.45) is 20.8. The lowest BCUT2D eigenvalue weighted by Gasteiger charge is -2.43. The molecule has 2 aliphatic rings. The van der Waals surface area contributed by atoms with Crippen molar-refractivity contribution in [3.8, 4) is 0 Å². The largest absolute Gasteiger partial charge is 0.0882 e. The summed E-state index contributed by atoms with van der Waals surface area (Å²) >= 11 is 0. The topological polar surface area (TPSA) is 0 Å². The van der Waals surface area contributed by atoms with E-state index in [0.717, 1.165) is 5.92 Å². The van der Waals surface area contributed by atoms with E-state index in [1.807, 2.05) is 0 Å². The molecule has 0 amide bonds. The molecule has 0 saturated carbocycles. The van der Waals surface area contributed by atoms with Gasteiger partial charge in [0, 0.05) is 5.92 Å². The number of hydrogen-bond acceptors (Lipinski definition) is 0. The van der Waals surface area contributed by atoms with Gasteiger partial charge in [-0.05, 0) is 43.4 Å². The van der Waals surface area contributed by atoms with Crippen molar-refractivity contribution in [2.45, 2.75) is 46.0 Å². The molecule has 0 heterocycles. The lowest BCUT2D eigenvalue weighted by atomic mass is 9.61. The molecule has 0 aliphatic heterocycles. The van der Waals surface area contributed by atoms with Crippen LogP contribution in [0.1, 0.15) is 46.0 Å². The van der Waals surface area contributed by atoms with E-state index < -0.39 is 0 Å². The zero-order chi connectivity index (χ0) is 11.4. The average Bonchev–Trinajstić information content (AvgIpc) is 2.87. The van der Waals surface area contributed by atoms with Gasteiger partial charge in [0.25, 0.3) is 0 Å². The smallest absolute Gasteiger partial charge is 0.00147 e. The first-order valence-corrected chi connectivity index (χ1v) is 6.85. The summed E-state index contributed by atoms with van der Waals surface area (Å²) in [7, 11) is 0. The van der Waals surface area contributed by atoms with Gasteiger partial charge in [-0.15, -0.1) is 0 Å². The Morgan fingerprint density at radius 1 is 1.06 bits per heavy atom. The normalized spacial score (nSPS) is 25.5. The fourth-order valence-electron chi connectivity index (χ4n) is 3.60. The van der Waals surface area contributed by atoms with Gasteiger partial charge in [-0.3, -0.25) is 0 Å². The minimum absolute atomic E-state index is 0.473. The third-order valence-electron chi connectivity index (χ3n) is 4.72. The van der Waals surface area contributed by atoms with Crippen LogP contribution in [0.3, 0.4) is 0 Å². The molecular weight excluding hydrogens is 192 g/mol. The summed E-state index contributed by atoms with van der Waals surface area (Å²) in [5.41, 5.74) is 0.473. The molecule has 0 saturated heterocycles. The molecule has 2 rings (SSSR count). The van der Waals surface area contributed by atoms with Crippen LogP contribution in [0.25, 0.3) is 0 Å². The molecule has 0 N–H and O–H groups in total. The highest BCUT2D eigenvalue weighted by Gasteiger charge is 2.39. The Morgan fingerprint density at radius 3 is 2.25 bits per heavy atom. The molecule has 0 aromatic heterocycles. The summed E-state index contributed by atoms with van der Waals surface area (Å²) in [5, 5.41) is 0. The van der Waals surface area contributed by atoms with Crippen LogP contribution in [-0.4, -0.2) is 0 Å². The summed E-state index contributed by atoms with van der Waals surface area (Å²) in [6, 6.07) is 0. The average molecular weight is 216 g/mol. The van der Waals surface area contributed by atoms with Crippen LogP contribution in [0.4, 0.5) is 0 Å². The van der Waals surface area contributed by atoms with Crippen molar-refractivity contribution in [2.75, 3.05) is 0 Å². The van der Waals surface area contributed by atoms with Gasteiger partial charge in [-0.25, -0.2) is 0 Å². The molecule has 0 nitrogen and oxygen atoms in total. The Hall–Kier alpha value is -0.780. The second-order valence-corrected chi connectivity index (χ2v) is 5.20. The van der Waals surface area contributed by atoms with Crippen LogP contribution in [0, 0.1) is 17.3 Å². The van der Waals surface area contributed by atoms with Crippen molar-refractivity contribution in [2.24, 2.45) is 17.3 Å². The van der Waals surface area contributed by atoms with Gasteiger partial charge < -0.3 is 0 Å². The number of hydrogen-bond donors (Lipinski definition) is 0. The van der Waals surface area contributed by atoms with Crippen LogP contribution in [-0.2, 0) is 0 Å². The Labute approximate surface area is 100 Å². The highest BCUT2D eigenvalue weighted by Crippen LogP contribution is 2.48. The van der Waals surface area contributed by atoms with Gasteiger partial charge >= 0.3 is 0 Å². The van der Waals surface area contributed by atoms with E-state index in [4.69, 9.17) is 0 Å². The Morgan fingerprint density at radius 2 is 1.75 bits per heavy atom. The van der Waals surface area contributed by atoms with Crippen molar-refractivity contribution in [1.82, 2.24) is 0 Å². The highest BCUT2D eigenvalue weighted by atomic mass is 14.4. The van der Waals surface area contributed by atoms with Crippen LogP contribution in [0.15, 0.2) is 36.5 Å². The molecule has 0 fully saturated rings. The molecule has 2 aliphatic carbocycles. The van der Waals surface area contributed by atoms with E-state index in [9.17, 15) is 0 Å². The van der Waals surface area contributed by atoms with Crippen LogP contribution >= 0.6 is 0 Å². The maximum Gasteiger partial charge on any atom is 0.00147 e. The number of allylic oxidation sites excluding steroid dienone is 6. The third-order valence-corrected chi connectivity index (χ3v) is 4.72. The van der Waals surface area contributed by atoms with Gasteiger partial charge in [-0.2, -0.15) is 0 Å². The van der Waals surface area contributed by atoms with Crippen molar-refractivity contribution in [3.05, 3.63) is 36.5 Å². The van der Waals surface area contributed by atoms with Crippen molar-refractivity contribution >= 4 is 0 Å². The molecule has 0 bridgehead atoms. The standard InChI is InChI=1S/C16H24/c1-3-16(4-2,15-12-8-9-13-15)14-10-6-5-7-11-14/h6,8-10,12-15H,3-5,7,11H2,1-2H3. The Bertz CT molecular complexity index is 290. The van der Waals surface area contributed by atoms with E-state index in [1.54, 1.807) is 0 Å². The molecular formula is C16H24. The molecule has 0 aromatic carbocycles. The molecule has 0 radical (unpaired) electrons. The summed E-state index contributed by atoms with van der Waals surface area (Å²) in [6.45, 7) is 4.73. The molecule has 16 heavy (non-hydrogen) atoms. The SMILES string of the molecule is CCC(CC)(C1C=CC=C1)C1C=CCCC1. The zero-order valence-corrected chi connectivity index (χ0v) is 10.7. The van der Waals surface area contributed by atoms with Gasteiger partial charge in [0.05, 0.1) is 0 Å². The van der Waals surface area contributed by atoms with Crippen LogP contribution in [0.5, 0.6) is 0 Å². The first kappa shape index (κ1) is 11.7. The van der Waals surface area contributed by atoms with Crippen LogP contribution < -0.4 is 0 Å². The maximum absolute atomic E-state index is 2.50. The predicted octanol–water partition coefficient (Wildman–Crippen LogP) is 4.89. The monoisotopic (exact) mass is 216 g/mol. The maximum atomic E-state index is 2.50. The van der Waals surface area contributed by atoms with Crippen molar-refractivity contribution < 1.29 is 0 Å². The van der Waals surface area contributed by atoms with E-state index in [1.165, 1.54) is 32.1 Å². The molecule has 0 heteroatoms. The van der Waals surface area contributed by atoms with Crippen LogP contribution in [0.2, 0.25) is 0 Å². The Balaban J connectivity index is 2.25. The molecule has 0 aromatic rings. The van der Waals surface area contributed by atoms with Gasteiger partial charge in [-0.1, -0.05) is 50.3 Å². The van der Waals surface area contributed by atoms with Crippen molar-refractivity contribution in [3.63, 3.8) is 0 Å². The summed E-state index contributed by atoms with van der Waals surface area (Å²) < 4.78 is 0. The predicted molar refractivity (Wildman–Crippen MR) is 71.3 cm³/mol. The van der Waals surface area contributed by atoms with Gasteiger partial charge in [0.1, 0.15) is 0 Å². The fourth-order valence-corrected chi connectivity index (χ4v) is 3.60. The molecule has 0 spiro atoms. The second kappa shape index (κ2) is 5.03.